The van der Waals surface area contributed by atoms with Crippen molar-refractivity contribution in [3.05, 3.63) is 107 Å². The summed E-state index contributed by atoms with van der Waals surface area (Å²) in [7, 11) is 0. The van der Waals surface area contributed by atoms with Gasteiger partial charge in [-0.1, -0.05) is 42.5 Å². The molecule has 182 valence electrons. The number of phenolic OH excluding ortho intramolecular Hbond substituents is 1. The molecule has 6 nitrogen and oxygen atoms in total. The maximum Gasteiger partial charge on any atom is 0.416 e. The van der Waals surface area contributed by atoms with Crippen LogP contribution in [-0.2, 0) is 22.3 Å². The summed E-state index contributed by atoms with van der Waals surface area (Å²) in [5.74, 6) is -2.37. The first-order valence-electron chi connectivity index (χ1n) is 10.9. The molecule has 4 aromatic rings. The van der Waals surface area contributed by atoms with E-state index in [1.165, 1.54) is 42.6 Å². The Labute approximate surface area is 202 Å². The Bertz CT molecular complexity index is 1520. The van der Waals surface area contributed by atoms with Crippen LogP contribution in [0.2, 0.25) is 0 Å². The second kappa shape index (κ2) is 8.60. The number of aliphatic hydroxyl groups is 1. The molecule has 0 aliphatic carbocycles. The molecular weight excluding hydrogens is 473 g/mol. The zero-order valence-corrected chi connectivity index (χ0v) is 18.6. The maximum absolute atomic E-state index is 13.3. The highest BCUT2D eigenvalue weighted by atomic mass is 19.4. The number of carbonyl (C=O) groups excluding carboxylic acids is 2. The molecule has 1 amide bonds. The van der Waals surface area contributed by atoms with E-state index in [4.69, 9.17) is 0 Å². The van der Waals surface area contributed by atoms with Gasteiger partial charge in [0.15, 0.2) is 0 Å². The highest BCUT2D eigenvalue weighted by Gasteiger charge is 2.46. The van der Waals surface area contributed by atoms with Gasteiger partial charge in [-0.2, -0.15) is 13.2 Å². The SMILES string of the molecule is O=C1C(=O)N(Cc2cccc(C(F)(F)F)c2)C(c2ccc(O)cc2)/C1=C(/O)c1c[nH]c2ccccc12. The number of para-hydroxylation sites is 1. The zero-order chi connectivity index (χ0) is 25.6. The number of H-pyrrole nitrogens is 1. The fourth-order valence-corrected chi connectivity index (χ4v) is 4.50. The van der Waals surface area contributed by atoms with Gasteiger partial charge in [0, 0.05) is 29.2 Å². The van der Waals surface area contributed by atoms with Crippen LogP contribution in [0.3, 0.4) is 0 Å². The fourth-order valence-electron chi connectivity index (χ4n) is 4.50. The van der Waals surface area contributed by atoms with Gasteiger partial charge in [-0.15, -0.1) is 0 Å². The number of aliphatic hydroxyl groups excluding tert-OH is 1. The number of halogens is 3. The molecule has 9 heteroatoms. The van der Waals surface area contributed by atoms with Crippen LogP contribution in [0, 0.1) is 0 Å². The Morgan fingerprint density at radius 3 is 2.42 bits per heavy atom. The van der Waals surface area contributed by atoms with E-state index in [1.54, 1.807) is 24.3 Å². The summed E-state index contributed by atoms with van der Waals surface area (Å²) in [5.41, 5.74) is 0.520. The summed E-state index contributed by atoms with van der Waals surface area (Å²) >= 11 is 0. The van der Waals surface area contributed by atoms with Gasteiger partial charge >= 0.3 is 6.18 Å². The number of aromatic hydroxyl groups is 1. The molecule has 1 atom stereocenters. The Morgan fingerprint density at radius 2 is 1.69 bits per heavy atom. The standard InChI is InChI=1S/C27H19F3N2O4/c28-27(29,30)17-5-3-4-15(12-17)14-32-23(16-8-10-18(33)11-9-16)22(25(35)26(32)36)24(34)20-13-31-21-7-2-1-6-19(20)21/h1-13,23,31,33-34H,14H2/b24-22-. The Balaban J connectivity index is 1.65. The third-order valence-electron chi connectivity index (χ3n) is 6.20. The minimum Gasteiger partial charge on any atom is -0.508 e. The van der Waals surface area contributed by atoms with Gasteiger partial charge in [0.2, 0.25) is 0 Å². The highest BCUT2D eigenvalue weighted by Crippen LogP contribution is 2.42. The van der Waals surface area contributed by atoms with Gasteiger partial charge in [-0.05, 0) is 41.5 Å². The molecule has 36 heavy (non-hydrogen) atoms. The predicted octanol–water partition coefficient (Wildman–Crippen LogP) is 5.51. The molecule has 3 aromatic carbocycles. The average Bonchev–Trinajstić information content (AvgIpc) is 3.39. The molecule has 5 rings (SSSR count). The van der Waals surface area contributed by atoms with Crippen molar-refractivity contribution in [2.75, 3.05) is 0 Å². The first-order chi connectivity index (χ1) is 17.1. The van der Waals surface area contributed by atoms with E-state index in [0.717, 1.165) is 17.0 Å². The van der Waals surface area contributed by atoms with Gasteiger partial charge < -0.3 is 20.1 Å². The monoisotopic (exact) mass is 492 g/mol. The lowest BCUT2D eigenvalue weighted by Crippen LogP contribution is -2.29. The molecule has 3 N–H and O–H groups in total. The number of hydrogen-bond acceptors (Lipinski definition) is 4. The van der Waals surface area contributed by atoms with Gasteiger partial charge in [-0.3, -0.25) is 9.59 Å². The van der Waals surface area contributed by atoms with E-state index in [2.05, 4.69) is 4.98 Å². The van der Waals surface area contributed by atoms with E-state index < -0.39 is 35.2 Å². The molecule has 1 fully saturated rings. The molecule has 0 radical (unpaired) electrons. The minimum atomic E-state index is -4.57. The van der Waals surface area contributed by atoms with Crippen molar-refractivity contribution in [1.82, 2.24) is 9.88 Å². The Morgan fingerprint density at radius 1 is 0.972 bits per heavy atom. The number of aromatic amines is 1. The van der Waals surface area contributed by atoms with Crippen LogP contribution in [0.4, 0.5) is 13.2 Å². The van der Waals surface area contributed by atoms with Crippen LogP contribution >= 0.6 is 0 Å². The molecule has 1 saturated heterocycles. The van der Waals surface area contributed by atoms with Crippen molar-refractivity contribution in [3.8, 4) is 5.75 Å². The zero-order valence-electron chi connectivity index (χ0n) is 18.6. The van der Waals surface area contributed by atoms with Crippen LogP contribution in [-0.4, -0.2) is 31.8 Å². The average molecular weight is 492 g/mol. The topological polar surface area (TPSA) is 93.6 Å². The van der Waals surface area contributed by atoms with Gasteiger partial charge in [0.05, 0.1) is 17.2 Å². The molecule has 0 bridgehead atoms. The third kappa shape index (κ3) is 3.98. The molecule has 0 saturated carbocycles. The quantitative estimate of drug-likeness (QED) is 0.199. The Kier molecular flexibility index (Phi) is 5.55. The second-order valence-electron chi connectivity index (χ2n) is 8.46. The van der Waals surface area contributed by atoms with E-state index >= 15 is 0 Å². The summed E-state index contributed by atoms with van der Waals surface area (Å²) in [6.07, 6.45) is -3.05. The number of rotatable bonds is 4. The number of amides is 1. The first-order valence-corrected chi connectivity index (χ1v) is 10.9. The highest BCUT2D eigenvalue weighted by molar-refractivity contribution is 6.46. The number of aromatic nitrogens is 1. The molecule has 2 heterocycles. The number of phenols is 1. The van der Waals surface area contributed by atoms with Crippen LogP contribution in [0.1, 0.15) is 28.3 Å². The van der Waals surface area contributed by atoms with Crippen molar-refractivity contribution in [3.63, 3.8) is 0 Å². The number of Topliss-reactive ketones (excluding diaryl/α,β-unsaturated/α-hetero) is 1. The summed E-state index contributed by atoms with van der Waals surface area (Å²) in [4.78, 5) is 30.5. The molecule has 1 aliphatic rings. The smallest absolute Gasteiger partial charge is 0.416 e. The molecule has 1 aliphatic heterocycles. The van der Waals surface area contributed by atoms with E-state index in [0.29, 0.717) is 22.0 Å². The van der Waals surface area contributed by atoms with E-state index in [1.807, 2.05) is 0 Å². The van der Waals surface area contributed by atoms with Crippen LogP contribution in [0.15, 0.2) is 84.6 Å². The number of benzene rings is 3. The van der Waals surface area contributed by atoms with Gasteiger partial charge in [0.25, 0.3) is 11.7 Å². The molecule has 1 unspecified atom stereocenters. The maximum atomic E-state index is 13.3. The third-order valence-corrected chi connectivity index (χ3v) is 6.20. The summed E-state index contributed by atoms with van der Waals surface area (Å²) in [5, 5.41) is 21.6. The minimum absolute atomic E-state index is 0.0507. The Hall–Kier alpha value is -4.53. The summed E-state index contributed by atoms with van der Waals surface area (Å²) in [6, 6.07) is 16.2. The number of nitrogens with zero attached hydrogens (tertiary/aromatic N) is 1. The number of nitrogens with one attached hydrogen (secondary N) is 1. The normalized spacial score (nSPS) is 17.8. The van der Waals surface area contributed by atoms with Crippen molar-refractivity contribution in [2.24, 2.45) is 0 Å². The lowest BCUT2D eigenvalue weighted by molar-refractivity contribution is -0.140. The van der Waals surface area contributed by atoms with E-state index in [9.17, 15) is 33.0 Å². The van der Waals surface area contributed by atoms with Crippen molar-refractivity contribution < 1.29 is 33.0 Å². The number of likely N-dealkylation sites (tertiary alicyclic amines) is 1. The van der Waals surface area contributed by atoms with Gasteiger partial charge in [0.1, 0.15) is 11.5 Å². The first kappa shape index (κ1) is 23.2. The molecular formula is C27H19F3N2O4. The molecule has 1 aromatic heterocycles. The largest absolute Gasteiger partial charge is 0.508 e. The second-order valence-corrected chi connectivity index (χ2v) is 8.46. The molecule has 0 spiro atoms. The van der Waals surface area contributed by atoms with Crippen LogP contribution in [0.25, 0.3) is 16.7 Å². The summed E-state index contributed by atoms with van der Waals surface area (Å²) < 4.78 is 39.8. The van der Waals surface area contributed by atoms with Crippen molar-refractivity contribution >= 4 is 28.4 Å². The lowest BCUT2D eigenvalue weighted by Gasteiger charge is -2.25. The van der Waals surface area contributed by atoms with Crippen LogP contribution < -0.4 is 0 Å². The summed E-state index contributed by atoms with van der Waals surface area (Å²) in [6.45, 7) is -0.301. The van der Waals surface area contributed by atoms with Gasteiger partial charge in [-0.25, -0.2) is 0 Å². The van der Waals surface area contributed by atoms with E-state index in [-0.39, 0.29) is 23.4 Å². The fraction of sp³-hybridized carbons (Fsp3) is 0.111. The predicted molar refractivity (Wildman–Crippen MR) is 126 cm³/mol. The number of carbonyl (C=O) groups is 2. The number of ketones is 1. The van der Waals surface area contributed by atoms with Crippen molar-refractivity contribution in [2.45, 2.75) is 18.8 Å². The number of fused-ring (bicyclic) bond motifs is 1. The number of alkyl halides is 3. The number of hydrogen-bond donors (Lipinski definition) is 3. The lowest BCUT2D eigenvalue weighted by atomic mass is 9.95. The van der Waals surface area contributed by atoms with Crippen LogP contribution in [0.5, 0.6) is 5.75 Å². The van der Waals surface area contributed by atoms with Crippen molar-refractivity contribution in [1.29, 1.82) is 0 Å².